The fraction of sp³-hybridized carbons (Fsp3) is 0.971. The van der Waals surface area contributed by atoms with Crippen molar-refractivity contribution in [3.05, 3.63) is 0 Å². The molecular weight excluding hydrogens is 484 g/mol. The van der Waals surface area contributed by atoms with Crippen LogP contribution in [0.25, 0.3) is 0 Å². The molecule has 39 heavy (non-hydrogen) atoms. The monoisotopic (exact) mass is 553 g/mol. The van der Waals surface area contributed by atoms with E-state index in [0.717, 1.165) is 64.8 Å². The summed E-state index contributed by atoms with van der Waals surface area (Å²) >= 11 is 0. The van der Waals surface area contributed by atoms with Gasteiger partial charge in [-0.1, -0.05) is 97.3 Å². The minimum atomic E-state index is 0.0113. The van der Waals surface area contributed by atoms with E-state index in [0.29, 0.717) is 18.4 Å². The topological polar surface area (TPSA) is 42.0 Å². The van der Waals surface area contributed by atoms with Gasteiger partial charge in [0.2, 0.25) is 5.91 Å². The molecule has 1 aliphatic rings. The largest absolute Gasteiger partial charge is 0.353 e. The molecule has 0 radical (unpaired) electrons. The minimum absolute atomic E-state index is 0.0113. The molecule has 1 aliphatic heterocycles. The highest BCUT2D eigenvalue weighted by atomic mass is 16.7. The average molecular weight is 553 g/mol. The molecule has 1 fully saturated rings. The van der Waals surface area contributed by atoms with Crippen molar-refractivity contribution >= 4 is 5.91 Å². The Bertz CT molecular complexity index is 537. The predicted octanol–water partition coefficient (Wildman–Crippen LogP) is 9.13. The van der Waals surface area contributed by atoms with Crippen LogP contribution >= 0.6 is 0 Å². The molecule has 0 aromatic rings. The fourth-order valence-electron chi connectivity index (χ4n) is 5.77. The van der Waals surface area contributed by atoms with Crippen molar-refractivity contribution in [1.82, 2.24) is 9.80 Å². The lowest BCUT2D eigenvalue weighted by molar-refractivity contribution is -0.162. The Kier molecular flexibility index (Phi) is 24.5. The van der Waals surface area contributed by atoms with Gasteiger partial charge in [-0.2, -0.15) is 0 Å². The predicted molar refractivity (Wildman–Crippen MR) is 167 cm³/mol. The Balaban J connectivity index is 2.58. The van der Waals surface area contributed by atoms with Crippen LogP contribution in [0.1, 0.15) is 162 Å². The van der Waals surface area contributed by atoms with Gasteiger partial charge >= 0.3 is 0 Å². The molecule has 0 N–H and O–H groups in total. The van der Waals surface area contributed by atoms with Gasteiger partial charge in [0.05, 0.1) is 0 Å². The maximum atomic E-state index is 13.5. The molecule has 0 bridgehead atoms. The molecule has 232 valence electrons. The number of rotatable bonds is 27. The van der Waals surface area contributed by atoms with Crippen molar-refractivity contribution in [2.75, 3.05) is 40.4 Å². The second-order valence-electron chi connectivity index (χ2n) is 12.3. The van der Waals surface area contributed by atoms with E-state index >= 15 is 0 Å². The smallest absolute Gasteiger partial charge is 0.222 e. The molecule has 2 atom stereocenters. The van der Waals surface area contributed by atoms with Crippen LogP contribution in [-0.2, 0) is 14.3 Å². The highest BCUT2D eigenvalue weighted by molar-refractivity contribution is 5.76. The first kappa shape index (κ1) is 36.4. The van der Waals surface area contributed by atoms with Gasteiger partial charge < -0.3 is 19.3 Å². The van der Waals surface area contributed by atoms with Crippen LogP contribution in [0.5, 0.6) is 0 Å². The van der Waals surface area contributed by atoms with E-state index in [1.165, 1.54) is 103 Å². The highest BCUT2D eigenvalue weighted by Gasteiger charge is 2.23. The number of nitrogens with zero attached hydrogens (tertiary/aromatic N) is 2. The van der Waals surface area contributed by atoms with Crippen LogP contribution < -0.4 is 0 Å². The molecule has 0 aliphatic carbocycles. The maximum Gasteiger partial charge on any atom is 0.222 e. The van der Waals surface area contributed by atoms with Gasteiger partial charge in [-0.3, -0.25) is 4.79 Å². The lowest BCUT2D eigenvalue weighted by Gasteiger charge is -2.33. The fourth-order valence-corrected chi connectivity index (χ4v) is 5.77. The number of hydrogen-bond acceptors (Lipinski definition) is 4. The Morgan fingerprint density at radius 2 is 1.33 bits per heavy atom. The zero-order valence-electron chi connectivity index (χ0n) is 26.9. The first-order valence-electron chi connectivity index (χ1n) is 17.3. The van der Waals surface area contributed by atoms with E-state index in [1.807, 2.05) is 0 Å². The Morgan fingerprint density at radius 1 is 0.744 bits per heavy atom. The van der Waals surface area contributed by atoms with Gasteiger partial charge in [0.1, 0.15) is 0 Å². The summed E-state index contributed by atoms with van der Waals surface area (Å²) < 4.78 is 11.6. The molecular formula is C34H68N2O3. The Hall–Kier alpha value is -0.650. The number of hydrogen-bond donors (Lipinski definition) is 0. The number of amides is 1. The van der Waals surface area contributed by atoms with Crippen LogP contribution in [0, 0.1) is 0 Å². The Morgan fingerprint density at radius 3 is 1.90 bits per heavy atom. The summed E-state index contributed by atoms with van der Waals surface area (Å²) in [6.07, 6.45) is 28.0. The molecule has 0 aromatic carbocycles. The van der Waals surface area contributed by atoms with Crippen LogP contribution in [0.2, 0.25) is 0 Å². The summed E-state index contributed by atoms with van der Waals surface area (Å²) in [6, 6.07) is 0.422. The van der Waals surface area contributed by atoms with Crippen molar-refractivity contribution < 1.29 is 14.3 Å². The third-order valence-corrected chi connectivity index (χ3v) is 8.27. The summed E-state index contributed by atoms with van der Waals surface area (Å²) in [6.45, 7) is 8.09. The quantitative estimate of drug-likeness (QED) is 0.0953. The van der Waals surface area contributed by atoms with Crippen LogP contribution in [0.3, 0.4) is 0 Å². The third-order valence-electron chi connectivity index (χ3n) is 8.27. The lowest BCUT2D eigenvalue weighted by Crippen LogP contribution is -2.41. The van der Waals surface area contributed by atoms with Crippen molar-refractivity contribution in [3.8, 4) is 0 Å². The van der Waals surface area contributed by atoms with Gasteiger partial charge in [-0.05, 0) is 78.4 Å². The van der Waals surface area contributed by atoms with Gasteiger partial charge in [0.25, 0.3) is 0 Å². The summed E-state index contributed by atoms with van der Waals surface area (Å²) in [5.74, 6) is 0.391. The van der Waals surface area contributed by atoms with E-state index < -0.39 is 0 Å². The first-order valence-corrected chi connectivity index (χ1v) is 17.3. The van der Waals surface area contributed by atoms with E-state index in [2.05, 4.69) is 37.7 Å². The summed E-state index contributed by atoms with van der Waals surface area (Å²) in [4.78, 5) is 18.0. The molecule has 0 aromatic heterocycles. The van der Waals surface area contributed by atoms with Crippen molar-refractivity contribution in [1.29, 1.82) is 0 Å². The van der Waals surface area contributed by atoms with Crippen molar-refractivity contribution in [2.24, 2.45) is 0 Å². The zero-order valence-corrected chi connectivity index (χ0v) is 26.9. The van der Waals surface area contributed by atoms with Crippen LogP contribution in [0.4, 0.5) is 0 Å². The third kappa shape index (κ3) is 20.8. The van der Waals surface area contributed by atoms with Gasteiger partial charge in [0.15, 0.2) is 6.29 Å². The molecule has 1 heterocycles. The molecule has 2 unspecified atom stereocenters. The summed E-state index contributed by atoms with van der Waals surface area (Å²) in [5.41, 5.74) is 0. The number of carbonyl (C=O) groups is 1. The van der Waals surface area contributed by atoms with E-state index in [9.17, 15) is 4.79 Å². The number of ether oxygens (including phenoxy) is 2. The molecule has 0 spiro atoms. The molecule has 1 saturated heterocycles. The molecule has 0 saturated carbocycles. The number of unbranched alkanes of at least 4 members (excludes halogenated alkanes) is 13. The normalized spacial score (nSPS) is 16.6. The van der Waals surface area contributed by atoms with E-state index in [1.54, 1.807) is 0 Å². The van der Waals surface area contributed by atoms with E-state index in [4.69, 9.17) is 9.47 Å². The SMILES string of the molecule is CCCCCCCCCCC(CCCCCCC)N(CCCCCOC1CCCCO1)C(=O)CCCN(C)C. The van der Waals surface area contributed by atoms with E-state index in [-0.39, 0.29) is 6.29 Å². The summed E-state index contributed by atoms with van der Waals surface area (Å²) in [5, 5.41) is 0. The van der Waals surface area contributed by atoms with Crippen molar-refractivity contribution in [2.45, 2.75) is 174 Å². The van der Waals surface area contributed by atoms with Crippen LogP contribution in [-0.4, -0.2) is 68.4 Å². The van der Waals surface area contributed by atoms with Gasteiger partial charge in [0, 0.05) is 32.2 Å². The molecule has 1 rings (SSSR count). The van der Waals surface area contributed by atoms with Crippen molar-refractivity contribution in [3.63, 3.8) is 0 Å². The second-order valence-corrected chi connectivity index (χ2v) is 12.3. The second kappa shape index (κ2) is 26.3. The van der Waals surface area contributed by atoms with Gasteiger partial charge in [-0.25, -0.2) is 0 Å². The number of carbonyl (C=O) groups excluding carboxylic acids is 1. The standard InChI is InChI=1S/C34H68N2O3/c1-5-7-9-11-12-13-15-18-25-32(24-17-14-10-8-6-2)36(33(37)26-23-28-35(3)4)29-20-16-21-30-38-34-27-19-22-31-39-34/h32,34H,5-31H2,1-4H3. The summed E-state index contributed by atoms with van der Waals surface area (Å²) in [7, 11) is 4.20. The lowest BCUT2D eigenvalue weighted by atomic mass is 9.97. The first-order chi connectivity index (χ1) is 19.1. The molecule has 5 nitrogen and oxygen atoms in total. The molecule has 5 heteroatoms. The minimum Gasteiger partial charge on any atom is -0.353 e. The Labute approximate surface area is 244 Å². The average Bonchev–Trinajstić information content (AvgIpc) is 2.93. The van der Waals surface area contributed by atoms with Gasteiger partial charge in [-0.15, -0.1) is 0 Å². The molecule has 1 amide bonds. The highest BCUT2D eigenvalue weighted by Crippen LogP contribution is 2.21. The van der Waals surface area contributed by atoms with Crippen LogP contribution in [0.15, 0.2) is 0 Å². The zero-order chi connectivity index (χ0) is 28.4. The maximum absolute atomic E-state index is 13.5.